The lowest BCUT2D eigenvalue weighted by molar-refractivity contribution is 0.0707. The van der Waals surface area contributed by atoms with Gasteiger partial charge in [-0.1, -0.05) is 6.92 Å². The Bertz CT molecular complexity index is 248. The molecule has 1 saturated heterocycles. The molecule has 0 unspecified atom stereocenters. The summed E-state index contributed by atoms with van der Waals surface area (Å²) >= 11 is 0. The van der Waals surface area contributed by atoms with E-state index in [4.69, 9.17) is 0 Å². The van der Waals surface area contributed by atoms with Crippen LogP contribution in [0.25, 0.3) is 0 Å². The van der Waals surface area contributed by atoms with E-state index in [1.165, 1.54) is 64.7 Å². The molecular formula is C15H29N3. The Morgan fingerprint density at radius 2 is 1.22 bits per heavy atom. The summed E-state index contributed by atoms with van der Waals surface area (Å²) in [6, 6.07) is 2.66. The number of hydrogen-bond donors (Lipinski definition) is 1. The highest BCUT2D eigenvalue weighted by Gasteiger charge is 2.33. The highest BCUT2D eigenvalue weighted by molar-refractivity contribution is 4.90. The van der Waals surface area contributed by atoms with Gasteiger partial charge in [0, 0.05) is 44.3 Å². The van der Waals surface area contributed by atoms with Crippen LogP contribution in [0.2, 0.25) is 0 Å². The molecule has 3 aliphatic rings. The third-order valence-electron chi connectivity index (χ3n) is 5.12. The zero-order valence-corrected chi connectivity index (χ0v) is 11.9. The summed E-state index contributed by atoms with van der Waals surface area (Å²) in [5.41, 5.74) is 0. The third kappa shape index (κ3) is 3.06. The Kier molecular flexibility index (Phi) is 4.22. The molecule has 1 heterocycles. The monoisotopic (exact) mass is 251 g/mol. The minimum absolute atomic E-state index is 0.805. The Morgan fingerprint density at radius 3 is 1.61 bits per heavy atom. The Labute approximate surface area is 112 Å². The van der Waals surface area contributed by atoms with Crippen molar-refractivity contribution in [3.05, 3.63) is 0 Å². The van der Waals surface area contributed by atoms with Crippen molar-refractivity contribution < 1.29 is 0 Å². The first-order valence-corrected chi connectivity index (χ1v) is 8.08. The first-order chi connectivity index (χ1) is 8.86. The molecule has 2 saturated carbocycles. The summed E-state index contributed by atoms with van der Waals surface area (Å²) in [6.45, 7) is 8.67. The van der Waals surface area contributed by atoms with Gasteiger partial charge < -0.3 is 5.32 Å². The largest absolute Gasteiger partial charge is 0.314 e. The van der Waals surface area contributed by atoms with Gasteiger partial charge in [-0.15, -0.1) is 0 Å². The van der Waals surface area contributed by atoms with Gasteiger partial charge in [0.15, 0.2) is 0 Å². The Balaban J connectivity index is 1.40. The van der Waals surface area contributed by atoms with Crippen LogP contribution in [-0.4, -0.2) is 60.6 Å². The molecule has 0 spiro atoms. The molecule has 0 aromatic heterocycles. The van der Waals surface area contributed by atoms with Gasteiger partial charge in [0.2, 0.25) is 0 Å². The molecular weight excluding hydrogens is 222 g/mol. The predicted molar refractivity (Wildman–Crippen MR) is 75.9 cm³/mol. The van der Waals surface area contributed by atoms with Crippen LogP contribution in [0.5, 0.6) is 0 Å². The summed E-state index contributed by atoms with van der Waals surface area (Å²) < 4.78 is 0. The van der Waals surface area contributed by atoms with Crippen molar-refractivity contribution in [2.24, 2.45) is 0 Å². The quantitative estimate of drug-likeness (QED) is 0.820. The second-order valence-electron chi connectivity index (χ2n) is 6.37. The SMILES string of the molecule is CCNC1CCC(N2CCN(C3CC3)CC2)CC1. The maximum atomic E-state index is 3.61. The molecule has 1 N–H and O–H groups in total. The second-order valence-corrected chi connectivity index (χ2v) is 6.37. The summed E-state index contributed by atoms with van der Waals surface area (Å²) in [7, 11) is 0. The normalized spacial score (nSPS) is 35.8. The second kappa shape index (κ2) is 5.89. The number of rotatable bonds is 4. The lowest BCUT2D eigenvalue weighted by Gasteiger charge is -2.42. The van der Waals surface area contributed by atoms with E-state index in [2.05, 4.69) is 22.0 Å². The maximum absolute atomic E-state index is 3.61. The van der Waals surface area contributed by atoms with Crippen molar-refractivity contribution in [2.75, 3.05) is 32.7 Å². The molecule has 3 fully saturated rings. The molecule has 3 heteroatoms. The van der Waals surface area contributed by atoms with Gasteiger partial charge in [-0.25, -0.2) is 0 Å². The first kappa shape index (κ1) is 12.9. The smallest absolute Gasteiger partial charge is 0.0113 e. The summed E-state index contributed by atoms with van der Waals surface area (Å²) in [5.74, 6) is 0. The molecule has 3 rings (SSSR count). The lowest BCUT2D eigenvalue weighted by Crippen LogP contribution is -2.52. The molecule has 0 amide bonds. The molecule has 0 radical (unpaired) electrons. The van der Waals surface area contributed by atoms with E-state index in [1.54, 1.807) is 0 Å². The lowest BCUT2D eigenvalue weighted by atomic mass is 9.90. The van der Waals surface area contributed by atoms with Crippen molar-refractivity contribution in [1.29, 1.82) is 0 Å². The zero-order chi connectivity index (χ0) is 12.4. The fourth-order valence-corrected chi connectivity index (χ4v) is 3.84. The van der Waals surface area contributed by atoms with Gasteiger partial charge >= 0.3 is 0 Å². The molecule has 18 heavy (non-hydrogen) atoms. The van der Waals surface area contributed by atoms with E-state index < -0.39 is 0 Å². The molecule has 104 valence electrons. The van der Waals surface area contributed by atoms with E-state index >= 15 is 0 Å². The highest BCUT2D eigenvalue weighted by atomic mass is 15.3. The van der Waals surface area contributed by atoms with Crippen molar-refractivity contribution >= 4 is 0 Å². The molecule has 1 aliphatic heterocycles. The first-order valence-electron chi connectivity index (χ1n) is 8.08. The van der Waals surface area contributed by atoms with Crippen LogP contribution >= 0.6 is 0 Å². The molecule has 0 aromatic rings. The topological polar surface area (TPSA) is 18.5 Å². The van der Waals surface area contributed by atoms with Crippen LogP contribution in [0.4, 0.5) is 0 Å². The van der Waals surface area contributed by atoms with Crippen LogP contribution in [-0.2, 0) is 0 Å². The van der Waals surface area contributed by atoms with Crippen LogP contribution in [0.1, 0.15) is 45.4 Å². The molecule has 0 atom stereocenters. The Hall–Kier alpha value is -0.120. The minimum atomic E-state index is 0.805. The molecule has 0 aromatic carbocycles. The van der Waals surface area contributed by atoms with E-state index in [1.807, 2.05) is 0 Å². The van der Waals surface area contributed by atoms with Gasteiger partial charge in [0.25, 0.3) is 0 Å². The van der Waals surface area contributed by atoms with Gasteiger partial charge in [0.05, 0.1) is 0 Å². The Morgan fingerprint density at radius 1 is 0.778 bits per heavy atom. The zero-order valence-electron chi connectivity index (χ0n) is 11.9. The third-order valence-corrected chi connectivity index (χ3v) is 5.12. The van der Waals surface area contributed by atoms with Crippen molar-refractivity contribution in [3.63, 3.8) is 0 Å². The number of nitrogens with one attached hydrogen (secondary N) is 1. The van der Waals surface area contributed by atoms with E-state index in [0.717, 1.165) is 24.7 Å². The maximum Gasteiger partial charge on any atom is 0.0113 e. The molecule has 2 aliphatic carbocycles. The van der Waals surface area contributed by atoms with Crippen LogP contribution in [0.3, 0.4) is 0 Å². The van der Waals surface area contributed by atoms with Crippen LogP contribution in [0, 0.1) is 0 Å². The van der Waals surface area contributed by atoms with Gasteiger partial charge in [-0.3, -0.25) is 9.80 Å². The van der Waals surface area contributed by atoms with Crippen molar-refractivity contribution in [2.45, 2.75) is 63.6 Å². The number of hydrogen-bond acceptors (Lipinski definition) is 3. The highest BCUT2D eigenvalue weighted by Crippen LogP contribution is 2.29. The van der Waals surface area contributed by atoms with Crippen LogP contribution in [0.15, 0.2) is 0 Å². The van der Waals surface area contributed by atoms with E-state index in [0.29, 0.717) is 0 Å². The van der Waals surface area contributed by atoms with Crippen LogP contribution < -0.4 is 5.32 Å². The average Bonchev–Trinajstić information content (AvgIpc) is 3.25. The standard InChI is InChI=1S/C15H29N3/c1-2-16-13-3-5-14(6-4-13)17-9-11-18(12-10-17)15-7-8-15/h13-16H,2-12H2,1H3. The van der Waals surface area contributed by atoms with E-state index in [-0.39, 0.29) is 0 Å². The van der Waals surface area contributed by atoms with Gasteiger partial charge in [-0.05, 0) is 45.1 Å². The number of nitrogens with zero attached hydrogens (tertiary/aromatic N) is 2. The predicted octanol–water partition coefficient (Wildman–Crippen LogP) is 1.69. The summed E-state index contributed by atoms with van der Waals surface area (Å²) in [6.07, 6.45) is 8.55. The molecule has 0 bridgehead atoms. The summed E-state index contributed by atoms with van der Waals surface area (Å²) in [4.78, 5) is 5.50. The van der Waals surface area contributed by atoms with Gasteiger partial charge in [-0.2, -0.15) is 0 Å². The fraction of sp³-hybridized carbons (Fsp3) is 1.00. The van der Waals surface area contributed by atoms with Crippen molar-refractivity contribution in [3.8, 4) is 0 Å². The van der Waals surface area contributed by atoms with Gasteiger partial charge in [0.1, 0.15) is 0 Å². The van der Waals surface area contributed by atoms with Crippen molar-refractivity contribution in [1.82, 2.24) is 15.1 Å². The fourth-order valence-electron chi connectivity index (χ4n) is 3.84. The number of piperazine rings is 1. The summed E-state index contributed by atoms with van der Waals surface area (Å²) in [5, 5.41) is 3.61. The minimum Gasteiger partial charge on any atom is -0.314 e. The van der Waals surface area contributed by atoms with E-state index in [9.17, 15) is 0 Å². The molecule has 3 nitrogen and oxygen atoms in total. The average molecular weight is 251 g/mol.